The lowest BCUT2D eigenvalue weighted by Crippen LogP contribution is -2.51. The highest BCUT2D eigenvalue weighted by atomic mass is 32.2. The maximum Gasteiger partial charge on any atom is 0.234 e. The van der Waals surface area contributed by atoms with Gasteiger partial charge in [-0.2, -0.15) is 11.8 Å². The van der Waals surface area contributed by atoms with E-state index in [0.717, 1.165) is 38.8 Å². The smallest absolute Gasteiger partial charge is 0.234 e. The van der Waals surface area contributed by atoms with E-state index < -0.39 is 0 Å². The standard InChI is InChI=1S/C14H27N3OS2/c1-4-11(5-2)16-12(18)10-17-8-6-14(20-3,7-9-17)13(15)19/h11H,4-10H2,1-3H3,(H2,15,19)(H,16,18). The number of carbonyl (C=O) groups excluding carboxylic acids is 1. The molecule has 0 aromatic rings. The van der Waals surface area contributed by atoms with Crippen LogP contribution in [0.3, 0.4) is 0 Å². The van der Waals surface area contributed by atoms with Gasteiger partial charge in [-0.1, -0.05) is 26.1 Å². The summed E-state index contributed by atoms with van der Waals surface area (Å²) in [6.07, 6.45) is 5.90. The Morgan fingerprint density at radius 3 is 2.35 bits per heavy atom. The van der Waals surface area contributed by atoms with Crippen molar-refractivity contribution >= 4 is 34.9 Å². The van der Waals surface area contributed by atoms with Crippen LogP contribution in [0.1, 0.15) is 39.5 Å². The van der Waals surface area contributed by atoms with Crippen LogP contribution >= 0.6 is 24.0 Å². The SMILES string of the molecule is CCC(CC)NC(=O)CN1CCC(SC)(C(N)=S)CC1. The number of nitrogens with zero attached hydrogens (tertiary/aromatic N) is 1. The van der Waals surface area contributed by atoms with Gasteiger partial charge in [0, 0.05) is 19.1 Å². The average Bonchev–Trinajstić information content (AvgIpc) is 2.45. The summed E-state index contributed by atoms with van der Waals surface area (Å²) in [7, 11) is 0. The van der Waals surface area contributed by atoms with Gasteiger partial charge < -0.3 is 11.1 Å². The van der Waals surface area contributed by atoms with Crippen molar-refractivity contribution in [2.45, 2.75) is 50.3 Å². The number of piperidine rings is 1. The zero-order chi connectivity index (χ0) is 15.2. The second kappa shape index (κ2) is 8.20. The molecule has 0 bridgehead atoms. The monoisotopic (exact) mass is 317 g/mol. The zero-order valence-corrected chi connectivity index (χ0v) is 14.4. The third-order valence-electron chi connectivity index (χ3n) is 4.22. The molecule has 1 aliphatic rings. The van der Waals surface area contributed by atoms with Gasteiger partial charge in [-0.3, -0.25) is 9.69 Å². The Kier molecular flexibility index (Phi) is 7.26. The highest BCUT2D eigenvalue weighted by Crippen LogP contribution is 2.34. The Bertz CT molecular complexity index is 337. The maximum atomic E-state index is 12.0. The first-order valence-corrected chi connectivity index (χ1v) is 8.97. The molecule has 0 aliphatic carbocycles. The highest BCUT2D eigenvalue weighted by Gasteiger charge is 2.36. The molecule has 0 aromatic heterocycles. The summed E-state index contributed by atoms with van der Waals surface area (Å²) in [6, 6.07) is 0.300. The summed E-state index contributed by atoms with van der Waals surface area (Å²) in [5.41, 5.74) is 5.87. The predicted octanol–water partition coefficient (Wildman–Crippen LogP) is 1.77. The van der Waals surface area contributed by atoms with E-state index >= 15 is 0 Å². The van der Waals surface area contributed by atoms with Crippen LogP contribution in [0, 0.1) is 0 Å². The first kappa shape index (κ1) is 17.7. The van der Waals surface area contributed by atoms with Crippen LogP contribution in [0.15, 0.2) is 0 Å². The lowest BCUT2D eigenvalue weighted by molar-refractivity contribution is -0.123. The molecular formula is C14H27N3OS2. The van der Waals surface area contributed by atoms with Crippen molar-refractivity contribution in [1.29, 1.82) is 0 Å². The number of nitrogens with two attached hydrogens (primary N) is 1. The molecule has 0 saturated carbocycles. The molecule has 6 heteroatoms. The fourth-order valence-corrected chi connectivity index (χ4v) is 3.84. The van der Waals surface area contributed by atoms with E-state index in [2.05, 4.69) is 30.3 Å². The van der Waals surface area contributed by atoms with E-state index in [0.29, 0.717) is 17.6 Å². The molecule has 1 rings (SSSR count). The van der Waals surface area contributed by atoms with Crippen molar-refractivity contribution in [2.75, 3.05) is 25.9 Å². The van der Waals surface area contributed by atoms with E-state index in [1.807, 2.05) is 0 Å². The van der Waals surface area contributed by atoms with E-state index in [1.165, 1.54) is 0 Å². The van der Waals surface area contributed by atoms with Crippen LogP contribution in [-0.4, -0.2) is 52.5 Å². The highest BCUT2D eigenvalue weighted by molar-refractivity contribution is 8.02. The van der Waals surface area contributed by atoms with Gasteiger partial charge in [0.25, 0.3) is 0 Å². The number of thiocarbonyl (C=S) groups is 1. The molecule has 1 aliphatic heterocycles. The van der Waals surface area contributed by atoms with Crippen molar-refractivity contribution in [3.63, 3.8) is 0 Å². The Morgan fingerprint density at radius 1 is 1.40 bits per heavy atom. The summed E-state index contributed by atoms with van der Waals surface area (Å²) >= 11 is 6.95. The molecule has 4 nitrogen and oxygen atoms in total. The number of hydrogen-bond donors (Lipinski definition) is 2. The van der Waals surface area contributed by atoms with E-state index in [9.17, 15) is 4.79 Å². The molecule has 0 spiro atoms. The minimum atomic E-state index is -0.0717. The van der Waals surface area contributed by atoms with Gasteiger partial charge in [0.15, 0.2) is 0 Å². The number of carbonyl (C=O) groups is 1. The molecule has 0 radical (unpaired) electrons. The molecular weight excluding hydrogens is 290 g/mol. The molecule has 0 atom stereocenters. The van der Waals surface area contributed by atoms with Crippen LogP contribution in [0.4, 0.5) is 0 Å². The molecule has 20 heavy (non-hydrogen) atoms. The number of hydrogen-bond acceptors (Lipinski definition) is 4. The van der Waals surface area contributed by atoms with Gasteiger partial charge in [0.1, 0.15) is 0 Å². The van der Waals surface area contributed by atoms with Gasteiger partial charge in [0.2, 0.25) is 5.91 Å². The van der Waals surface area contributed by atoms with Crippen LogP contribution in [-0.2, 0) is 4.79 Å². The second-order valence-electron chi connectivity index (χ2n) is 5.42. The number of likely N-dealkylation sites (tertiary alicyclic amines) is 1. The van der Waals surface area contributed by atoms with Gasteiger partial charge in [-0.15, -0.1) is 0 Å². The predicted molar refractivity (Wildman–Crippen MR) is 91.2 cm³/mol. The molecule has 1 saturated heterocycles. The van der Waals surface area contributed by atoms with E-state index in [-0.39, 0.29) is 10.7 Å². The van der Waals surface area contributed by atoms with Crippen LogP contribution in [0.2, 0.25) is 0 Å². The molecule has 1 amide bonds. The van der Waals surface area contributed by atoms with Crippen LogP contribution < -0.4 is 11.1 Å². The van der Waals surface area contributed by atoms with Crippen molar-refractivity contribution in [2.24, 2.45) is 5.73 Å². The second-order valence-corrected chi connectivity index (χ2v) is 7.05. The Hall–Kier alpha value is -0.330. The topological polar surface area (TPSA) is 58.4 Å². The number of thioether (sulfide) groups is 1. The Balaban J connectivity index is 2.42. The first-order chi connectivity index (χ1) is 9.47. The van der Waals surface area contributed by atoms with Gasteiger partial charge in [-0.05, 0) is 31.9 Å². The minimum Gasteiger partial charge on any atom is -0.392 e. The van der Waals surface area contributed by atoms with Crippen LogP contribution in [0.5, 0.6) is 0 Å². The first-order valence-electron chi connectivity index (χ1n) is 7.34. The summed E-state index contributed by atoms with van der Waals surface area (Å²) in [5.74, 6) is 0.130. The Labute approximate surface area is 132 Å². The lowest BCUT2D eigenvalue weighted by Gasteiger charge is -2.39. The molecule has 1 heterocycles. The summed E-state index contributed by atoms with van der Waals surface area (Å²) in [5, 5.41) is 3.08. The summed E-state index contributed by atoms with van der Waals surface area (Å²) in [6.45, 7) is 6.45. The summed E-state index contributed by atoms with van der Waals surface area (Å²) < 4.78 is -0.0717. The summed E-state index contributed by atoms with van der Waals surface area (Å²) in [4.78, 5) is 14.8. The fraction of sp³-hybridized carbons (Fsp3) is 0.857. The molecule has 1 fully saturated rings. The van der Waals surface area contributed by atoms with E-state index in [1.54, 1.807) is 11.8 Å². The zero-order valence-electron chi connectivity index (χ0n) is 12.8. The van der Waals surface area contributed by atoms with E-state index in [4.69, 9.17) is 18.0 Å². The molecule has 116 valence electrons. The maximum absolute atomic E-state index is 12.0. The molecule has 0 unspecified atom stereocenters. The van der Waals surface area contributed by atoms with Crippen molar-refractivity contribution in [1.82, 2.24) is 10.2 Å². The number of nitrogens with one attached hydrogen (secondary N) is 1. The Morgan fingerprint density at radius 2 is 1.95 bits per heavy atom. The third kappa shape index (κ3) is 4.60. The molecule has 3 N–H and O–H groups in total. The average molecular weight is 318 g/mol. The minimum absolute atomic E-state index is 0.0717. The fourth-order valence-electron chi connectivity index (χ4n) is 2.59. The number of rotatable bonds is 7. The van der Waals surface area contributed by atoms with Gasteiger partial charge in [0.05, 0.1) is 16.3 Å². The molecule has 0 aromatic carbocycles. The normalized spacial score (nSPS) is 19.0. The van der Waals surface area contributed by atoms with Gasteiger partial charge >= 0.3 is 0 Å². The largest absolute Gasteiger partial charge is 0.392 e. The number of amides is 1. The third-order valence-corrected chi connectivity index (χ3v) is 6.15. The van der Waals surface area contributed by atoms with Crippen molar-refractivity contribution in [3.05, 3.63) is 0 Å². The van der Waals surface area contributed by atoms with Gasteiger partial charge in [-0.25, -0.2) is 0 Å². The quantitative estimate of drug-likeness (QED) is 0.701. The van der Waals surface area contributed by atoms with Crippen molar-refractivity contribution < 1.29 is 4.79 Å². The van der Waals surface area contributed by atoms with Crippen LogP contribution in [0.25, 0.3) is 0 Å². The van der Waals surface area contributed by atoms with Crippen molar-refractivity contribution in [3.8, 4) is 0 Å². The lowest BCUT2D eigenvalue weighted by atomic mass is 9.95.